The fourth-order valence-corrected chi connectivity index (χ4v) is 4.31. The lowest BCUT2D eigenvalue weighted by atomic mass is 10.1. The van der Waals surface area contributed by atoms with Gasteiger partial charge in [0.15, 0.2) is 0 Å². The molecule has 0 atom stereocenters. The number of nitrogens with one attached hydrogen (secondary N) is 2. The van der Waals surface area contributed by atoms with Crippen LogP contribution in [0.5, 0.6) is 0 Å². The smallest absolute Gasteiger partial charge is 0.253 e. The molecule has 3 rings (SSSR count). The highest BCUT2D eigenvalue weighted by Gasteiger charge is 2.17. The SMILES string of the molecule is CCCN(CCC)C(=O)c1ccc(NC(=O)CNc2ccc(C(=O)N3CCCCCC3)cc2)cc1. The second-order valence-corrected chi connectivity index (χ2v) is 9.06. The van der Waals surface area contributed by atoms with Crippen molar-refractivity contribution in [1.29, 1.82) is 0 Å². The lowest BCUT2D eigenvalue weighted by Crippen LogP contribution is -2.32. The van der Waals surface area contributed by atoms with Crippen LogP contribution < -0.4 is 10.6 Å². The highest BCUT2D eigenvalue weighted by molar-refractivity contribution is 5.97. The van der Waals surface area contributed by atoms with E-state index >= 15 is 0 Å². The Morgan fingerprint density at radius 1 is 0.771 bits per heavy atom. The van der Waals surface area contributed by atoms with E-state index in [2.05, 4.69) is 24.5 Å². The molecule has 1 saturated heterocycles. The molecule has 2 aromatic rings. The topological polar surface area (TPSA) is 81.8 Å². The summed E-state index contributed by atoms with van der Waals surface area (Å²) in [6.07, 6.45) is 6.35. The van der Waals surface area contributed by atoms with Crippen LogP contribution >= 0.6 is 0 Å². The van der Waals surface area contributed by atoms with E-state index in [9.17, 15) is 14.4 Å². The molecule has 0 aromatic heterocycles. The molecule has 7 heteroatoms. The first-order chi connectivity index (χ1) is 17.0. The molecule has 1 fully saturated rings. The van der Waals surface area contributed by atoms with Gasteiger partial charge in [0, 0.05) is 48.7 Å². The molecule has 3 amide bonds. The van der Waals surface area contributed by atoms with E-state index in [-0.39, 0.29) is 24.3 Å². The van der Waals surface area contributed by atoms with Gasteiger partial charge < -0.3 is 20.4 Å². The maximum Gasteiger partial charge on any atom is 0.253 e. The van der Waals surface area contributed by atoms with Gasteiger partial charge in [-0.2, -0.15) is 0 Å². The van der Waals surface area contributed by atoms with Gasteiger partial charge in [-0.3, -0.25) is 14.4 Å². The zero-order valence-corrected chi connectivity index (χ0v) is 21.0. The molecule has 0 radical (unpaired) electrons. The van der Waals surface area contributed by atoms with Gasteiger partial charge in [0.1, 0.15) is 0 Å². The van der Waals surface area contributed by atoms with Gasteiger partial charge in [-0.05, 0) is 74.2 Å². The zero-order valence-electron chi connectivity index (χ0n) is 21.0. The molecule has 7 nitrogen and oxygen atoms in total. The minimum Gasteiger partial charge on any atom is -0.376 e. The number of hydrogen-bond acceptors (Lipinski definition) is 4. The molecule has 1 aliphatic rings. The van der Waals surface area contributed by atoms with Crippen LogP contribution in [-0.2, 0) is 4.79 Å². The molecule has 188 valence electrons. The van der Waals surface area contributed by atoms with Crippen molar-refractivity contribution in [2.45, 2.75) is 52.4 Å². The Morgan fingerprint density at radius 2 is 1.31 bits per heavy atom. The Kier molecular flexibility index (Phi) is 10.1. The predicted octanol–water partition coefficient (Wildman–Crippen LogP) is 5.02. The molecular weight excluding hydrogens is 440 g/mol. The van der Waals surface area contributed by atoms with Gasteiger partial charge >= 0.3 is 0 Å². The van der Waals surface area contributed by atoms with Crippen LogP contribution in [0, 0.1) is 0 Å². The predicted molar refractivity (Wildman–Crippen MR) is 141 cm³/mol. The number of likely N-dealkylation sites (tertiary alicyclic amines) is 1. The van der Waals surface area contributed by atoms with Crippen molar-refractivity contribution in [2.24, 2.45) is 0 Å². The highest BCUT2D eigenvalue weighted by atomic mass is 16.2. The standard InChI is InChI=1S/C28H38N4O3/c1-3-17-31(18-4-2)27(34)23-11-15-25(16-12-23)30-26(33)21-29-24-13-9-22(10-14-24)28(35)32-19-7-5-6-8-20-32/h9-16,29H,3-8,17-21H2,1-2H3,(H,30,33). The van der Waals surface area contributed by atoms with E-state index in [0.29, 0.717) is 16.8 Å². The molecule has 0 bridgehead atoms. The summed E-state index contributed by atoms with van der Waals surface area (Å²) in [6.45, 7) is 7.35. The number of anilines is 2. The van der Waals surface area contributed by atoms with Crippen LogP contribution in [0.4, 0.5) is 11.4 Å². The number of nitrogens with zero attached hydrogens (tertiary/aromatic N) is 2. The van der Waals surface area contributed by atoms with Crippen molar-refractivity contribution in [3.8, 4) is 0 Å². The van der Waals surface area contributed by atoms with Gasteiger partial charge in [0.05, 0.1) is 6.54 Å². The van der Waals surface area contributed by atoms with E-state index in [1.165, 1.54) is 12.8 Å². The summed E-state index contributed by atoms with van der Waals surface area (Å²) < 4.78 is 0. The number of carbonyl (C=O) groups is 3. The van der Waals surface area contributed by atoms with Crippen LogP contribution in [0.2, 0.25) is 0 Å². The van der Waals surface area contributed by atoms with Crippen LogP contribution in [-0.4, -0.2) is 60.2 Å². The molecule has 1 heterocycles. The lowest BCUT2D eigenvalue weighted by molar-refractivity contribution is -0.114. The summed E-state index contributed by atoms with van der Waals surface area (Å²) in [5, 5.41) is 5.94. The van der Waals surface area contributed by atoms with Gasteiger partial charge in [0.2, 0.25) is 5.91 Å². The van der Waals surface area contributed by atoms with Crippen molar-refractivity contribution < 1.29 is 14.4 Å². The zero-order chi connectivity index (χ0) is 25.0. The highest BCUT2D eigenvalue weighted by Crippen LogP contribution is 2.16. The number of rotatable bonds is 10. The van der Waals surface area contributed by atoms with Crippen LogP contribution in [0.25, 0.3) is 0 Å². The quantitative estimate of drug-likeness (QED) is 0.503. The molecule has 35 heavy (non-hydrogen) atoms. The van der Waals surface area contributed by atoms with Crippen LogP contribution in [0.3, 0.4) is 0 Å². The Bertz CT molecular complexity index is 959. The first-order valence-corrected chi connectivity index (χ1v) is 12.8. The summed E-state index contributed by atoms with van der Waals surface area (Å²) in [5.74, 6) is -0.0935. The molecular formula is C28H38N4O3. The second kappa shape index (κ2) is 13.5. The number of amides is 3. The van der Waals surface area contributed by atoms with E-state index < -0.39 is 0 Å². The fourth-order valence-electron chi connectivity index (χ4n) is 4.31. The molecule has 0 saturated carbocycles. The van der Waals surface area contributed by atoms with E-state index in [1.807, 2.05) is 34.1 Å². The Morgan fingerprint density at radius 3 is 1.89 bits per heavy atom. The molecule has 0 aliphatic carbocycles. The average molecular weight is 479 g/mol. The van der Waals surface area contributed by atoms with E-state index in [4.69, 9.17) is 0 Å². The molecule has 0 spiro atoms. The third kappa shape index (κ3) is 7.84. The lowest BCUT2D eigenvalue weighted by Gasteiger charge is -2.21. The number of carbonyl (C=O) groups excluding carboxylic acids is 3. The van der Waals surface area contributed by atoms with Gasteiger partial charge in [0.25, 0.3) is 11.8 Å². The van der Waals surface area contributed by atoms with Crippen molar-refractivity contribution in [3.05, 3.63) is 59.7 Å². The minimum absolute atomic E-state index is 0.0195. The number of benzene rings is 2. The summed E-state index contributed by atoms with van der Waals surface area (Å²) in [4.78, 5) is 41.6. The summed E-state index contributed by atoms with van der Waals surface area (Å²) >= 11 is 0. The van der Waals surface area contributed by atoms with Crippen molar-refractivity contribution in [3.63, 3.8) is 0 Å². The summed E-state index contributed by atoms with van der Waals surface area (Å²) in [6, 6.07) is 14.3. The maximum atomic E-state index is 12.7. The Hall–Kier alpha value is -3.35. The Balaban J connectivity index is 1.48. The second-order valence-electron chi connectivity index (χ2n) is 9.06. The third-order valence-corrected chi connectivity index (χ3v) is 6.17. The molecule has 0 unspecified atom stereocenters. The molecule has 2 aromatic carbocycles. The van der Waals surface area contributed by atoms with Crippen molar-refractivity contribution >= 4 is 29.1 Å². The average Bonchev–Trinajstić information content (AvgIpc) is 3.17. The first kappa shape index (κ1) is 26.3. The Labute approximate surface area is 208 Å². The maximum absolute atomic E-state index is 12.7. The van der Waals surface area contributed by atoms with Gasteiger partial charge in [-0.25, -0.2) is 0 Å². The fraction of sp³-hybridized carbons (Fsp3) is 0.464. The normalized spacial score (nSPS) is 13.6. The van der Waals surface area contributed by atoms with Crippen LogP contribution in [0.1, 0.15) is 73.1 Å². The van der Waals surface area contributed by atoms with Gasteiger partial charge in [-0.15, -0.1) is 0 Å². The number of hydrogen-bond donors (Lipinski definition) is 2. The van der Waals surface area contributed by atoms with Crippen LogP contribution in [0.15, 0.2) is 48.5 Å². The molecule has 2 N–H and O–H groups in total. The minimum atomic E-state index is -0.188. The monoisotopic (exact) mass is 478 g/mol. The van der Waals surface area contributed by atoms with Gasteiger partial charge in [-0.1, -0.05) is 26.7 Å². The van der Waals surface area contributed by atoms with Crippen molar-refractivity contribution in [1.82, 2.24) is 9.80 Å². The van der Waals surface area contributed by atoms with Crippen molar-refractivity contribution in [2.75, 3.05) is 43.4 Å². The van der Waals surface area contributed by atoms with E-state index in [0.717, 1.165) is 57.5 Å². The third-order valence-electron chi connectivity index (χ3n) is 6.17. The van der Waals surface area contributed by atoms with E-state index in [1.54, 1.807) is 24.3 Å². The largest absolute Gasteiger partial charge is 0.376 e. The summed E-state index contributed by atoms with van der Waals surface area (Å²) in [5.41, 5.74) is 2.72. The summed E-state index contributed by atoms with van der Waals surface area (Å²) in [7, 11) is 0. The first-order valence-electron chi connectivity index (χ1n) is 12.8. The molecule has 1 aliphatic heterocycles.